The summed E-state index contributed by atoms with van der Waals surface area (Å²) < 4.78 is 5.63. The van der Waals surface area contributed by atoms with Gasteiger partial charge in [-0.15, -0.1) is 0 Å². The van der Waals surface area contributed by atoms with Crippen LogP contribution < -0.4 is 0 Å². The number of nitro groups is 1. The molecule has 0 N–H and O–H groups in total. The minimum atomic E-state index is -0.730. The molecule has 0 bridgehead atoms. The second kappa shape index (κ2) is 5.28. The third-order valence-electron chi connectivity index (χ3n) is 3.65. The first-order chi connectivity index (χ1) is 8.97. The molecule has 6 heteroatoms. The van der Waals surface area contributed by atoms with Gasteiger partial charge in [-0.05, 0) is 36.1 Å². The molecule has 0 heterocycles. The van der Waals surface area contributed by atoms with Gasteiger partial charge in [-0.1, -0.05) is 22.0 Å². The van der Waals surface area contributed by atoms with Crippen molar-refractivity contribution < 1.29 is 14.5 Å². The van der Waals surface area contributed by atoms with Gasteiger partial charge < -0.3 is 4.74 Å². The van der Waals surface area contributed by atoms with Crippen LogP contribution >= 0.6 is 15.9 Å². The summed E-state index contributed by atoms with van der Waals surface area (Å²) in [5, 5.41) is 11.0. The largest absolute Gasteiger partial charge is 0.469 e. The third kappa shape index (κ3) is 2.78. The highest BCUT2D eigenvalue weighted by Crippen LogP contribution is 2.43. The monoisotopic (exact) mass is 327 g/mol. The quantitative estimate of drug-likeness (QED) is 0.484. The Hall–Kier alpha value is -1.43. The minimum Gasteiger partial charge on any atom is -0.469 e. The van der Waals surface area contributed by atoms with E-state index in [0.29, 0.717) is 6.42 Å². The van der Waals surface area contributed by atoms with Crippen LogP contribution in [-0.4, -0.2) is 24.5 Å². The van der Waals surface area contributed by atoms with E-state index in [1.807, 2.05) is 18.2 Å². The molecule has 0 spiro atoms. The van der Waals surface area contributed by atoms with Gasteiger partial charge in [0.2, 0.25) is 6.54 Å². The van der Waals surface area contributed by atoms with Crippen molar-refractivity contribution in [2.24, 2.45) is 0 Å². The molecule has 0 fully saturated rings. The zero-order valence-corrected chi connectivity index (χ0v) is 12.1. The fourth-order valence-electron chi connectivity index (χ4n) is 2.79. The van der Waals surface area contributed by atoms with Crippen LogP contribution in [0, 0.1) is 10.1 Å². The van der Waals surface area contributed by atoms with Crippen molar-refractivity contribution in [1.82, 2.24) is 0 Å². The lowest BCUT2D eigenvalue weighted by molar-refractivity contribution is -0.490. The molecule has 1 atom stereocenters. The lowest BCUT2D eigenvalue weighted by Gasteiger charge is -2.24. The van der Waals surface area contributed by atoms with Crippen molar-refractivity contribution in [1.29, 1.82) is 0 Å². The predicted molar refractivity (Wildman–Crippen MR) is 72.6 cm³/mol. The summed E-state index contributed by atoms with van der Waals surface area (Å²) in [6.07, 6.45) is 1.41. The zero-order valence-electron chi connectivity index (χ0n) is 10.5. The van der Waals surface area contributed by atoms with Crippen LogP contribution in [0.15, 0.2) is 22.7 Å². The van der Waals surface area contributed by atoms with E-state index in [-0.39, 0.29) is 17.9 Å². The molecule has 19 heavy (non-hydrogen) atoms. The maximum atomic E-state index is 11.6. The molecule has 0 aliphatic heterocycles. The summed E-state index contributed by atoms with van der Waals surface area (Å²) in [6.45, 7) is -0.239. The number of nitrogens with zero attached hydrogens (tertiary/aromatic N) is 1. The summed E-state index contributed by atoms with van der Waals surface area (Å²) in [6, 6.07) is 5.70. The van der Waals surface area contributed by atoms with E-state index in [1.54, 1.807) is 0 Å². The Bertz CT molecular complexity index is 531. The minimum absolute atomic E-state index is 0.0547. The Balaban J connectivity index is 2.41. The molecular formula is C13H14BrNO4. The fourth-order valence-corrected chi connectivity index (χ4v) is 3.20. The van der Waals surface area contributed by atoms with Crippen molar-refractivity contribution in [2.75, 3.05) is 13.7 Å². The van der Waals surface area contributed by atoms with Crippen LogP contribution in [-0.2, 0) is 21.4 Å². The molecule has 5 nitrogen and oxygen atoms in total. The Morgan fingerprint density at radius 1 is 1.58 bits per heavy atom. The molecule has 0 saturated heterocycles. The first kappa shape index (κ1) is 14.0. The number of carbonyl (C=O) groups excluding carboxylic acids is 1. The maximum absolute atomic E-state index is 11.6. The number of fused-ring (bicyclic) bond motifs is 1. The van der Waals surface area contributed by atoms with Crippen molar-refractivity contribution >= 4 is 21.9 Å². The van der Waals surface area contributed by atoms with E-state index in [4.69, 9.17) is 0 Å². The van der Waals surface area contributed by atoms with E-state index >= 15 is 0 Å². The molecule has 1 aliphatic rings. The van der Waals surface area contributed by atoms with Crippen LogP contribution in [0.3, 0.4) is 0 Å². The lowest BCUT2D eigenvalue weighted by Crippen LogP contribution is -2.35. The summed E-state index contributed by atoms with van der Waals surface area (Å²) in [4.78, 5) is 22.2. The lowest BCUT2D eigenvalue weighted by atomic mass is 9.79. The van der Waals surface area contributed by atoms with Crippen LogP contribution in [0.5, 0.6) is 0 Å². The Morgan fingerprint density at radius 3 is 2.95 bits per heavy atom. The molecule has 0 aromatic heterocycles. The molecule has 102 valence electrons. The van der Waals surface area contributed by atoms with E-state index in [0.717, 1.165) is 22.0 Å². The molecule has 1 aliphatic carbocycles. The second-order valence-electron chi connectivity index (χ2n) is 4.83. The van der Waals surface area contributed by atoms with Crippen LogP contribution in [0.4, 0.5) is 0 Å². The number of benzene rings is 1. The summed E-state index contributed by atoms with van der Waals surface area (Å²) in [5.74, 6) is -0.405. The summed E-state index contributed by atoms with van der Waals surface area (Å²) in [7, 11) is 1.31. The van der Waals surface area contributed by atoms with Gasteiger partial charge >= 0.3 is 5.97 Å². The van der Waals surface area contributed by atoms with Gasteiger partial charge in [-0.2, -0.15) is 0 Å². The predicted octanol–water partition coefficient (Wildman–Crippen LogP) is 2.47. The van der Waals surface area contributed by atoms with Crippen molar-refractivity contribution in [3.05, 3.63) is 43.9 Å². The Labute approximate surface area is 119 Å². The standard InChI is InChI=1S/C13H14BrNO4/c1-19-12(16)7-13(8-15(17)18)5-4-9-6-10(14)2-3-11(9)13/h2-3,6H,4-5,7-8H2,1H3. The molecule has 0 saturated carbocycles. The number of hydrogen-bond donors (Lipinski definition) is 0. The van der Waals surface area contributed by atoms with Crippen molar-refractivity contribution in [3.8, 4) is 0 Å². The van der Waals surface area contributed by atoms with Gasteiger partial charge in [0.15, 0.2) is 0 Å². The molecule has 1 aromatic rings. The number of methoxy groups -OCH3 is 1. The topological polar surface area (TPSA) is 69.4 Å². The van der Waals surface area contributed by atoms with E-state index < -0.39 is 11.4 Å². The molecule has 1 aromatic carbocycles. The van der Waals surface area contributed by atoms with Crippen molar-refractivity contribution in [3.63, 3.8) is 0 Å². The highest BCUT2D eigenvalue weighted by Gasteiger charge is 2.45. The van der Waals surface area contributed by atoms with Crippen LogP contribution in [0.2, 0.25) is 0 Å². The molecule has 2 rings (SSSR count). The Kier molecular flexibility index (Phi) is 3.89. The summed E-state index contributed by atoms with van der Waals surface area (Å²) in [5.41, 5.74) is 1.24. The van der Waals surface area contributed by atoms with Gasteiger partial charge in [0, 0.05) is 9.40 Å². The van der Waals surface area contributed by atoms with Gasteiger partial charge in [-0.25, -0.2) is 0 Å². The number of hydrogen-bond acceptors (Lipinski definition) is 4. The highest BCUT2D eigenvalue weighted by atomic mass is 79.9. The van der Waals surface area contributed by atoms with E-state index in [1.165, 1.54) is 7.11 Å². The zero-order chi connectivity index (χ0) is 14.0. The molecule has 0 radical (unpaired) electrons. The van der Waals surface area contributed by atoms with E-state index in [9.17, 15) is 14.9 Å². The van der Waals surface area contributed by atoms with Gasteiger partial charge in [0.05, 0.1) is 18.9 Å². The van der Waals surface area contributed by atoms with Crippen LogP contribution in [0.25, 0.3) is 0 Å². The molecule has 0 amide bonds. The number of esters is 1. The average Bonchev–Trinajstić information content (AvgIpc) is 2.66. The number of ether oxygens (including phenoxy) is 1. The van der Waals surface area contributed by atoms with Gasteiger partial charge in [0.25, 0.3) is 0 Å². The first-order valence-electron chi connectivity index (χ1n) is 5.94. The van der Waals surface area contributed by atoms with Gasteiger partial charge in [-0.3, -0.25) is 14.9 Å². The van der Waals surface area contributed by atoms with E-state index in [2.05, 4.69) is 20.7 Å². The molecular weight excluding hydrogens is 314 g/mol. The Morgan fingerprint density at radius 2 is 2.32 bits per heavy atom. The number of carbonyl (C=O) groups is 1. The van der Waals surface area contributed by atoms with Crippen molar-refractivity contribution in [2.45, 2.75) is 24.7 Å². The number of aryl methyl sites for hydroxylation is 1. The summed E-state index contributed by atoms with van der Waals surface area (Å²) >= 11 is 3.39. The smallest absolute Gasteiger partial charge is 0.306 e. The third-order valence-corrected chi connectivity index (χ3v) is 4.15. The number of halogens is 1. The second-order valence-corrected chi connectivity index (χ2v) is 5.74. The fraction of sp³-hybridized carbons (Fsp3) is 0.462. The number of rotatable bonds is 4. The highest BCUT2D eigenvalue weighted by molar-refractivity contribution is 9.10. The molecule has 1 unspecified atom stereocenters. The average molecular weight is 328 g/mol. The maximum Gasteiger partial charge on any atom is 0.306 e. The van der Waals surface area contributed by atoms with Crippen LogP contribution in [0.1, 0.15) is 24.0 Å². The van der Waals surface area contributed by atoms with Gasteiger partial charge in [0.1, 0.15) is 0 Å². The first-order valence-corrected chi connectivity index (χ1v) is 6.74. The normalized spacial score (nSPS) is 20.9. The SMILES string of the molecule is COC(=O)CC1(C[N+](=O)[O-])CCc2cc(Br)ccc21.